The van der Waals surface area contributed by atoms with E-state index in [0.29, 0.717) is 16.6 Å². The molecule has 0 aromatic heterocycles. The highest BCUT2D eigenvalue weighted by molar-refractivity contribution is 6.35. The SMILES string of the molecule is CCCNC(=O)[C@@H](C)N(Cc1ccc(Cl)cc1Cl)C(=O)Cc1cccc(C)c1. The molecule has 0 fully saturated rings. The maximum Gasteiger partial charge on any atom is 0.242 e. The third-order valence-corrected chi connectivity index (χ3v) is 5.10. The van der Waals surface area contributed by atoms with Crippen molar-refractivity contribution in [3.63, 3.8) is 0 Å². The van der Waals surface area contributed by atoms with Crippen molar-refractivity contribution in [2.24, 2.45) is 0 Å². The number of aryl methyl sites for hydroxylation is 1. The number of amides is 2. The summed E-state index contributed by atoms with van der Waals surface area (Å²) >= 11 is 12.3. The average molecular weight is 421 g/mol. The topological polar surface area (TPSA) is 49.4 Å². The van der Waals surface area contributed by atoms with E-state index in [1.54, 1.807) is 30.0 Å². The van der Waals surface area contributed by atoms with Crippen molar-refractivity contribution in [2.75, 3.05) is 6.54 Å². The lowest BCUT2D eigenvalue weighted by atomic mass is 10.1. The Bertz CT molecular complexity index is 839. The number of carbonyl (C=O) groups excluding carboxylic acids is 2. The van der Waals surface area contributed by atoms with Gasteiger partial charge in [-0.1, -0.05) is 66.0 Å². The summed E-state index contributed by atoms with van der Waals surface area (Å²) in [6, 6.07) is 12.4. The van der Waals surface area contributed by atoms with Gasteiger partial charge in [-0.3, -0.25) is 9.59 Å². The van der Waals surface area contributed by atoms with Crippen molar-refractivity contribution < 1.29 is 9.59 Å². The fraction of sp³-hybridized carbons (Fsp3) is 0.364. The molecule has 1 atom stereocenters. The summed E-state index contributed by atoms with van der Waals surface area (Å²) in [6.45, 7) is 6.52. The summed E-state index contributed by atoms with van der Waals surface area (Å²) in [5, 5.41) is 3.87. The number of halogens is 2. The second kappa shape index (κ2) is 10.5. The van der Waals surface area contributed by atoms with Crippen LogP contribution >= 0.6 is 23.2 Å². The monoisotopic (exact) mass is 420 g/mol. The first kappa shape index (κ1) is 22.3. The lowest BCUT2D eigenvalue weighted by Gasteiger charge is -2.29. The van der Waals surface area contributed by atoms with Crippen molar-refractivity contribution in [3.05, 3.63) is 69.2 Å². The maximum absolute atomic E-state index is 13.1. The molecule has 0 aliphatic rings. The van der Waals surface area contributed by atoms with Gasteiger partial charge in [0.2, 0.25) is 11.8 Å². The Hall–Kier alpha value is -2.04. The van der Waals surface area contributed by atoms with Crippen LogP contribution in [0.15, 0.2) is 42.5 Å². The molecule has 0 saturated carbocycles. The van der Waals surface area contributed by atoms with E-state index in [4.69, 9.17) is 23.2 Å². The highest BCUT2D eigenvalue weighted by Gasteiger charge is 2.26. The molecule has 28 heavy (non-hydrogen) atoms. The first-order valence-electron chi connectivity index (χ1n) is 9.38. The molecule has 0 spiro atoms. The lowest BCUT2D eigenvalue weighted by Crippen LogP contribution is -2.48. The zero-order valence-electron chi connectivity index (χ0n) is 16.5. The quantitative estimate of drug-likeness (QED) is 0.667. The maximum atomic E-state index is 13.1. The molecule has 2 aromatic rings. The minimum atomic E-state index is -0.615. The van der Waals surface area contributed by atoms with E-state index in [1.807, 2.05) is 38.1 Å². The molecule has 0 unspecified atom stereocenters. The van der Waals surface area contributed by atoms with Crippen molar-refractivity contribution in [2.45, 2.75) is 46.2 Å². The van der Waals surface area contributed by atoms with E-state index in [1.165, 1.54) is 0 Å². The molecule has 1 N–H and O–H groups in total. The number of hydrogen-bond donors (Lipinski definition) is 1. The van der Waals surface area contributed by atoms with Gasteiger partial charge >= 0.3 is 0 Å². The number of carbonyl (C=O) groups is 2. The Morgan fingerprint density at radius 3 is 2.54 bits per heavy atom. The Labute approximate surface area is 176 Å². The molecule has 0 saturated heterocycles. The van der Waals surface area contributed by atoms with Crippen LogP contribution in [0.1, 0.15) is 37.0 Å². The van der Waals surface area contributed by atoms with Gasteiger partial charge in [-0.2, -0.15) is 0 Å². The molecule has 0 aliphatic heterocycles. The predicted octanol–water partition coefficient (Wildman–Crippen LogP) is 4.79. The smallest absolute Gasteiger partial charge is 0.242 e. The second-order valence-corrected chi connectivity index (χ2v) is 7.73. The summed E-state index contributed by atoms with van der Waals surface area (Å²) < 4.78 is 0. The minimum absolute atomic E-state index is 0.129. The van der Waals surface area contributed by atoms with Crippen LogP contribution in [0.3, 0.4) is 0 Å². The van der Waals surface area contributed by atoms with E-state index in [0.717, 1.165) is 23.1 Å². The van der Waals surface area contributed by atoms with Gasteiger partial charge in [0.1, 0.15) is 6.04 Å². The molecular formula is C22H26Cl2N2O2. The highest BCUT2D eigenvalue weighted by Crippen LogP contribution is 2.23. The van der Waals surface area contributed by atoms with Crippen LogP contribution in [-0.2, 0) is 22.6 Å². The highest BCUT2D eigenvalue weighted by atomic mass is 35.5. The van der Waals surface area contributed by atoms with Gasteiger partial charge < -0.3 is 10.2 Å². The van der Waals surface area contributed by atoms with Crippen molar-refractivity contribution in [1.82, 2.24) is 10.2 Å². The number of benzene rings is 2. The van der Waals surface area contributed by atoms with Crippen molar-refractivity contribution in [3.8, 4) is 0 Å². The fourth-order valence-corrected chi connectivity index (χ4v) is 3.38. The molecule has 6 heteroatoms. The first-order valence-corrected chi connectivity index (χ1v) is 10.1. The Balaban J connectivity index is 2.26. The molecule has 0 bridgehead atoms. The van der Waals surface area contributed by atoms with Crippen LogP contribution in [0.25, 0.3) is 0 Å². The van der Waals surface area contributed by atoms with Gasteiger partial charge in [0.15, 0.2) is 0 Å². The molecule has 2 aromatic carbocycles. The number of nitrogens with zero attached hydrogens (tertiary/aromatic N) is 1. The van der Waals surface area contributed by atoms with E-state index < -0.39 is 6.04 Å². The Kier molecular flexibility index (Phi) is 8.34. The van der Waals surface area contributed by atoms with Gasteiger partial charge in [0.05, 0.1) is 6.42 Å². The summed E-state index contributed by atoms with van der Waals surface area (Å²) in [5.74, 6) is -0.305. The number of rotatable bonds is 8. The standard InChI is InChI=1S/C22H26Cl2N2O2/c1-4-10-25-22(28)16(3)26(14-18-8-9-19(23)13-20(18)24)21(27)12-17-7-5-6-15(2)11-17/h5-9,11,13,16H,4,10,12,14H2,1-3H3,(H,25,28)/t16-/m1/s1. The first-order chi connectivity index (χ1) is 13.3. The van der Waals surface area contributed by atoms with Gasteiger partial charge in [-0.05, 0) is 43.5 Å². The number of nitrogens with one attached hydrogen (secondary N) is 1. The predicted molar refractivity (Wildman–Crippen MR) is 115 cm³/mol. The van der Waals surface area contributed by atoms with Crippen molar-refractivity contribution >= 4 is 35.0 Å². The largest absolute Gasteiger partial charge is 0.354 e. The Morgan fingerprint density at radius 1 is 1.14 bits per heavy atom. The molecule has 0 heterocycles. The average Bonchev–Trinajstić information content (AvgIpc) is 2.65. The van der Waals surface area contributed by atoms with E-state index in [2.05, 4.69) is 5.32 Å². The van der Waals surface area contributed by atoms with Crippen LogP contribution in [0.2, 0.25) is 10.0 Å². The summed E-state index contributed by atoms with van der Waals surface area (Å²) in [6.07, 6.45) is 1.05. The van der Waals surface area contributed by atoms with Crippen LogP contribution < -0.4 is 5.32 Å². The lowest BCUT2D eigenvalue weighted by molar-refractivity contribution is -0.140. The van der Waals surface area contributed by atoms with E-state index in [-0.39, 0.29) is 24.8 Å². The molecule has 0 radical (unpaired) electrons. The zero-order chi connectivity index (χ0) is 20.7. The van der Waals surface area contributed by atoms with Crippen LogP contribution in [0, 0.1) is 6.92 Å². The summed E-state index contributed by atoms with van der Waals surface area (Å²) in [5.41, 5.74) is 2.75. The zero-order valence-corrected chi connectivity index (χ0v) is 18.0. The third-order valence-electron chi connectivity index (χ3n) is 4.51. The van der Waals surface area contributed by atoms with E-state index >= 15 is 0 Å². The third kappa shape index (κ3) is 6.25. The van der Waals surface area contributed by atoms with Crippen LogP contribution in [0.5, 0.6) is 0 Å². The van der Waals surface area contributed by atoms with Gasteiger partial charge in [0.25, 0.3) is 0 Å². The Morgan fingerprint density at radius 2 is 1.89 bits per heavy atom. The summed E-state index contributed by atoms with van der Waals surface area (Å²) in [7, 11) is 0. The van der Waals surface area contributed by atoms with Crippen LogP contribution in [0.4, 0.5) is 0 Å². The van der Waals surface area contributed by atoms with Crippen LogP contribution in [-0.4, -0.2) is 29.3 Å². The van der Waals surface area contributed by atoms with Gasteiger partial charge in [-0.15, -0.1) is 0 Å². The molecular weight excluding hydrogens is 395 g/mol. The molecule has 0 aliphatic carbocycles. The van der Waals surface area contributed by atoms with E-state index in [9.17, 15) is 9.59 Å². The van der Waals surface area contributed by atoms with Gasteiger partial charge in [0, 0.05) is 23.1 Å². The fourth-order valence-electron chi connectivity index (χ4n) is 2.91. The van der Waals surface area contributed by atoms with Crippen molar-refractivity contribution in [1.29, 1.82) is 0 Å². The molecule has 2 amide bonds. The molecule has 4 nitrogen and oxygen atoms in total. The second-order valence-electron chi connectivity index (χ2n) is 6.89. The minimum Gasteiger partial charge on any atom is -0.354 e. The van der Waals surface area contributed by atoms with Gasteiger partial charge in [-0.25, -0.2) is 0 Å². The summed E-state index contributed by atoms with van der Waals surface area (Å²) in [4.78, 5) is 27.2. The number of hydrogen-bond acceptors (Lipinski definition) is 2. The molecule has 150 valence electrons. The normalized spacial score (nSPS) is 11.8. The molecule has 2 rings (SSSR count).